The Labute approximate surface area is 265 Å². The van der Waals surface area contributed by atoms with E-state index in [1.807, 2.05) is 29.8 Å². The molecule has 0 aliphatic heterocycles. The molecule has 3 heterocycles. The van der Waals surface area contributed by atoms with Gasteiger partial charge in [0.05, 0.1) is 42.6 Å². The molecule has 0 radical (unpaired) electrons. The molecule has 0 unspecified atom stereocenters. The van der Waals surface area contributed by atoms with Gasteiger partial charge in [0.2, 0.25) is 0 Å². The van der Waals surface area contributed by atoms with Gasteiger partial charge in [0.25, 0.3) is 5.91 Å². The lowest BCUT2D eigenvalue weighted by molar-refractivity contribution is -0.142. The Bertz CT molecular complexity index is 1820. The van der Waals surface area contributed by atoms with Crippen molar-refractivity contribution in [1.29, 1.82) is 0 Å². The number of imidazole rings is 1. The molecule has 0 bridgehead atoms. The van der Waals surface area contributed by atoms with Gasteiger partial charge in [-0.2, -0.15) is 0 Å². The topological polar surface area (TPSA) is 154 Å². The molecule has 5 rings (SSSR count). The van der Waals surface area contributed by atoms with Gasteiger partial charge in [-0.1, -0.05) is 31.0 Å². The summed E-state index contributed by atoms with van der Waals surface area (Å²) in [7, 11) is 1.91. The lowest BCUT2D eigenvalue weighted by Crippen LogP contribution is -2.34. The van der Waals surface area contributed by atoms with Crippen molar-refractivity contribution in [2.24, 2.45) is 7.05 Å². The number of aryl methyl sites for hydroxylation is 1. The van der Waals surface area contributed by atoms with Crippen LogP contribution in [-0.2, 0) is 27.9 Å². The number of hydrogen-bond donors (Lipinski definition) is 2. The number of unbranched alkanes of at least 4 members (excludes halogenated alkanes) is 2. The summed E-state index contributed by atoms with van der Waals surface area (Å²) in [4.78, 5) is 48.5. The van der Waals surface area contributed by atoms with Crippen LogP contribution in [0.3, 0.4) is 0 Å². The number of aromatic nitrogens is 4. The average Bonchev–Trinajstić information content (AvgIpc) is 3.61. The number of amides is 2. The first-order valence-corrected chi connectivity index (χ1v) is 15.3. The molecule has 2 N–H and O–H groups in total. The van der Waals surface area contributed by atoms with Gasteiger partial charge < -0.3 is 23.9 Å². The second-order valence-electron chi connectivity index (χ2n) is 10.6. The number of hydrogen-bond acceptors (Lipinski definition) is 10. The van der Waals surface area contributed by atoms with E-state index in [2.05, 4.69) is 27.7 Å². The minimum atomic E-state index is -0.579. The Morgan fingerprint density at radius 3 is 2.67 bits per heavy atom. The summed E-state index contributed by atoms with van der Waals surface area (Å²) < 4.78 is 17.6. The molecule has 0 aliphatic rings. The number of anilines is 3. The monoisotopic (exact) mass is 627 g/mol. The molecule has 2 amide bonds. The van der Waals surface area contributed by atoms with Crippen molar-refractivity contribution in [3.63, 3.8) is 0 Å². The number of esters is 1. The molecule has 0 saturated carbocycles. The van der Waals surface area contributed by atoms with Crippen LogP contribution in [0.25, 0.3) is 22.0 Å². The van der Waals surface area contributed by atoms with Crippen LogP contribution in [0.4, 0.5) is 22.1 Å². The van der Waals surface area contributed by atoms with Crippen molar-refractivity contribution < 1.29 is 28.4 Å². The minimum absolute atomic E-state index is 0.0408. The first kappa shape index (κ1) is 31.9. The number of nitrogens with one attached hydrogen (secondary N) is 2. The molecule has 3 aromatic heterocycles. The van der Waals surface area contributed by atoms with E-state index in [4.69, 9.17) is 19.0 Å². The molecule has 0 atom stereocenters. The number of carbonyl (C=O) groups excluding carboxylic acids is 3. The van der Waals surface area contributed by atoms with Gasteiger partial charge in [-0.05, 0) is 61.9 Å². The van der Waals surface area contributed by atoms with Crippen molar-refractivity contribution in [2.45, 2.75) is 46.1 Å². The fourth-order valence-electron chi connectivity index (χ4n) is 4.94. The highest BCUT2D eigenvalue weighted by Gasteiger charge is 2.22. The third-order valence-corrected chi connectivity index (χ3v) is 7.36. The van der Waals surface area contributed by atoms with E-state index < -0.39 is 6.09 Å². The van der Waals surface area contributed by atoms with Crippen LogP contribution >= 0.6 is 0 Å². The molecular formula is C33H37N7O6. The molecule has 0 saturated heterocycles. The molecule has 13 nitrogen and oxygen atoms in total. The number of pyridine rings is 1. The molecule has 0 fully saturated rings. The second-order valence-corrected chi connectivity index (χ2v) is 10.6. The zero-order valence-electron chi connectivity index (χ0n) is 26.1. The summed E-state index contributed by atoms with van der Waals surface area (Å²) in [5.41, 5.74) is 3.21. The van der Waals surface area contributed by atoms with Crippen LogP contribution in [0.5, 0.6) is 0 Å². The highest BCUT2D eigenvalue weighted by atomic mass is 16.5. The molecule has 240 valence electrons. The van der Waals surface area contributed by atoms with Crippen LogP contribution in [-0.4, -0.2) is 57.4 Å². The summed E-state index contributed by atoms with van der Waals surface area (Å²) in [5.74, 6) is 0.773. The van der Waals surface area contributed by atoms with E-state index in [1.54, 1.807) is 49.5 Å². The molecule has 5 aromatic rings. The largest absolute Gasteiger partial charge is 0.466 e. The van der Waals surface area contributed by atoms with E-state index in [0.717, 1.165) is 36.3 Å². The van der Waals surface area contributed by atoms with Gasteiger partial charge in [0.15, 0.2) is 11.4 Å². The van der Waals surface area contributed by atoms with Crippen molar-refractivity contribution in [1.82, 2.24) is 19.7 Å². The van der Waals surface area contributed by atoms with Crippen LogP contribution in [0.1, 0.15) is 55.7 Å². The third kappa shape index (κ3) is 7.60. The second kappa shape index (κ2) is 15.0. The number of carbonyl (C=O) groups is 3. The van der Waals surface area contributed by atoms with Gasteiger partial charge in [-0.25, -0.2) is 14.8 Å². The predicted molar refractivity (Wildman–Crippen MR) is 174 cm³/mol. The summed E-state index contributed by atoms with van der Waals surface area (Å²) in [5, 5.41) is 10.6. The Kier molecular flexibility index (Phi) is 10.4. The summed E-state index contributed by atoms with van der Waals surface area (Å²) in [6.45, 7) is 4.94. The lowest BCUT2D eigenvalue weighted by atomic mass is 10.1. The quantitative estimate of drug-likeness (QED) is 0.110. The first-order chi connectivity index (χ1) is 22.4. The standard InChI is InChI=1S/C33H37N7O6/c1-4-6-9-18-45-33(43)37-31-24-20-23(12-14-27(24)46-38-31)35-21-29-36-25-19-22(11-13-26(25)39(29)3)32(42)40(17-15-30(41)44-5-2)28-10-7-8-16-34-28/h7-8,10-14,16,19-20,35H,4-6,9,15,17-18,21H2,1-3H3,(H,37,38,43). The van der Waals surface area contributed by atoms with Crippen molar-refractivity contribution in [3.8, 4) is 0 Å². The molecule has 2 aromatic carbocycles. The summed E-state index contributed by atoms with van der Waals surface area (Å²) in [6.07, 6.45) is 3.89. The number of rotatable bonds is 14. The van der Waals surface area contributed by atoms with Gasteiger partial charge in [-0.3, -0.25) is 19.8 Å². The minimum Gasteiger partial charge on any atom is -0.466 e. The maximum Gasteiger partial charge on any atom is 0.412 e. The van der Waals surface area contributed by atoms with E-state index in [-0.39, 0.29) is 37.3 Å². The maximum atomic E-state index is 13.7. The van der Waals surface area contributed by atoms with Gasteiger partial charge in [0.1, 0.15) is 11.6 Å². The zero-order chi connectivity index (χ0) is 32.5. The number of fused-ring (bicyclic) bond motifs is 2. The SMILES string of the molecule is CCCCCOC(=O)Nc1noc2ccc(NCc3nc4cc(C(=O)N(CCC(=O)OCC)c5ccccn5)ccc4n3C)cc12. The van der Waals surface area contributed by atoms with Crippen molar-refractivity contribution in [2.75, 3.05) is 35.3 Å². The number of ether oxygens (including phenoxy) is 2. The average molecular weight is 628 g/mol. The number of nitrogens with zero attached hydrogens (tertiary/aromatic N) is 5. The summed E-state index contributed by atoms with van der Waals surface area (Å²) in [6, 6.07) is 16.1. The molecule has 0 aliphatic carbocycles. The van der Waals surface area contributed by atoms with Crippen molar-refractivity contribution >= 4 is 57.3 Å². The molecule has 0 spiro atoms. The van der Waals surface area contributed by atoms with Gasteiger partial charge >= 0.3 is 12.1 Å². The smallest absolute Gasteiger partial charge is 0.412 e. The van der Waals surface area contributed by atoms with Gasteiger partial charge in [0, 0.05) is 31.0 Å². The maximum absolute atomic E-state index is 13.7. The Morgan fingerprint density at radius 1 is 1.02 bits per heavy atom. The number of benzene rings is 2. The summed E-state index contributed by atoms with van der Waals surface area (Å²) >= 11 is 0. The normalized spacial score (nSPS) is 11.0. The van der Waals surface area contributed by atoms with Gasteiger partial charge in [-0.15, -0.1) is 0 Å². The fourth-order valence-corrected chi connectivity index (χ4v) is 4.94. The van der Waals surface area contributed by atoms with E-state index in [1.165, 1.54) is 4.90 Å². The zero-order valence-corrected chi connectivity index (χ0v) is 26.1. The fraction of sp³-hybridized carbons (Fsp3) is 0.333. The molecule has 46 heavy (non-hydrogen) atoms. The van der Waals surface area contributed by atoms with Crippen LogP contribution in [0.2, 0.25) is 0 Å². The van der Waals surface area contributed by atoms with E-state index in [0.29, 0.717) is 41.0 Å². The van der Waals surface area contributed by atoms with E-state index in [9.17, 15) is 14.4 Å². The Hall–Kier alpha value is -5.46. The van der Waals surface area contributed by atoms with Crippen LogP contribution in [0.15, 0.2) is 65.3 Å². The first-order valence-electron chi connectivity index (χ1n) is 15.3. The molecule has 13 heteroatoms. The van der Waals surface area contributed by atoms with Crippen molar-refractivity contribution in [3.05, 3.63) is 72.2 Å². The van der Waals surface area contributed by atoms with E-state index >= 15 is 0 Å². The predicted octanol–water partition coefficient (Wildman–Crippen LogP) is 6.06. The van der Waals surface area contributed by atoms with Crippen LogP contribution in [0, 0.1) is 0 Å². The lowest BCUT2D eigenvalue weighted by Gasteiger charge is -2.21. The third-order valence-electron chi connectivity index (χ3n) is 7.36. The highest BCUT2D eigenvalue weighted by molar-refractivity contribution is 6.07. The highest BCUT2D eigenvalue weighted by Crippen LogP contribution is 2.27. The Balaban J connectivity index is 1.29. The Morgan fingerprint density at radius 2 is 1.89 bits per heavy atom. The van der Waals surface area contributed by atoms with Crippen LogP contribution < -0.4 is 15.5 Å². The molecular weight excluding hydrogens is 590 g/mol.